The monoisotopic (exact) mass is 450 g/mol. The van der Waals surface area contributed by atoms with Crippen LogP contribution in [0, 0.1) is 22.0 Å². The fraction of sp³-hybridized carbons (Fsp3) is 0.368. The number of anilines is 1. The van der Waals surface area contributed by atoms with Gasteiger partial charge in [0.05, 0.1) is 22.9 Å². The van der Waals surface area contributed by atoms with Crippen LogP contribution in [0.25, 0.3) is 0 Å². The third kappa shape index (κ3) is 3.08. The molecule has 0 aliphatic carbocycles. The summed E-state index contributed by atoms with van der Waals surface area (Å²) in [4.78, 5) is 61.2. The Hall–Kier alpha value is -3.31. The van der Waals surface area contributed by atoms with E-state index in [0.29, 0.717) is 4.90 Å². The molecule has 1 aromatic carbocycles. The van der Waals surface area contributed by atoms with E-state index in [2.05, 4.69) is 0 Å². The zero-order chi connectivity index (χ0) is 22.7. The van der Waals surface area contributed by atoms with Crippen LogP contribution >= 0.6 is 11.6 Å². The van der Waals surface area contributed by atoms with Crippen LogP contribution in [0.1, 0.15) is 13.8 Å². The Kier molecular flexibility index (Phi) is 4.82. The Labute approximate surface area is 179 Å². The average Bonchev–Trinajstić information content (AvgIpc) is 3.32. The van der Waals surface area contributed by atoms with Gasteiger partial charge in [-0.3, -0.25) is 29.3 Å². The van der Waals surface area contributed by atoms with Gasteiger partial charge in [0.2, 0.25) is 11.8 Å². The molecule has 1 aromatic rings. The van der Waals surface area contributed by atoms with Crippen molar-refractivity contribution in [3.8, 4) is 0 Å². The van der Waals surface area contributed by atoms with Crippen LogP contribution in [-0.4, -0.2) is 46.7 Å². The van der Waals surface area contributed by atoms with Crippen LogP contribution in [0.15, 0.2) is 30.4 Å². The number of carbonyl (C=O) groups excluding carboxylic acids is 4. The van der Waals surface area contributed by atoms with E-state index >= 15 is 0 Å². The maximum absolute atomic E-state index is 13.4. The van der Waals surface area contributed by atoms with Gasteiger partial charge in [-0.15, -0.1) is 0 Å². The zero-order valence-corrected chi connectivity index (χ0v) is 16.9. The second-order valence-corrected chi connectivity index (χ2v) is 7.69. The summed E-state index contributed by atoms with van der Waals surface area (Å²) in [7, 11) is 0. The van der Waals surface area contributed by atoms with Gasteiger partial charge in [0.25, 0.3) is 12.0 Å². The normalized spacial score (nSPS) is 28.3. The number of esters is 2. The molecule has 31 heavy (non-hydrogen) atoms. The average molecular weight is 451 g/mol. The van der Waals surface area contributed by atoms with E-state index in [1.165, 1.54) is 24.3 Å². The van der Waals surface area contributed by atoms with Crippen molar-refractivity contribution >= 4 is 46.7 Å². The molecule has 12 heteroatoms. The third-order valence-electron chi connectivity index (χ3n) is 5.37. The Bertz CT molecular complexity index is 1050. The van der Waals surface area contributed by atoms with Gasteiger partial charge in [0, 0.05) is 24.9 Å². The van der Waals surface area contributed by atoms with Crippen LogP contribution in [0.3, 0.4) is 0 Å². The number of hydrogen-bond donors (Lipinski definition) is 0. The van der Waals surface area contributed by atoms with Crippen molar-refractivity contribution < 1.29 is 38.3 Å². The van der Waals surface area contributed by atoms with Gasteiger partial charge in [-0.2, -0.15) is 0 Å². The van der Waals surface area contributed by atoms with Crippen LogP contribution in [0.4, 0.5) is 11.4 Å². The fourth-order valence-corrected chi connectivity index (χ4v) is 4.45. The lowest BCUT2D eigenvalue weighted by Crippen LogP contribution is -2.52. The second-order valence-electron chi connectivity index (χ2n) is 7.25. The summed E-state index contributed by atoms with van der Waals surface area (Å²) in [6.45, 7) is 2.17. The number of nitro benzene ring substituents is 1. The first-order valence-electron chi connectivity index (χ1n) is 9.10. The molecule has 4 rings (SSSR count). The first kappa shape index (κ1) is 20.9. The highest BCUT2D eigenvalue weighted by atomic mass is 35.5. The summed E-state index contributed by atoms with van der Waals surface area (Å²) in [5, 5.41) is 11.5. The third-order valence-corrected chi connectivity index (χ3v) is 5.60. The number of fused-ring (bicyclic) bond motifs is 5. The predicted molar refractivity (Wildman–Crippen MR) is 102 cm³/mol. The molecule has 0 radical (unpaired) electrons. The summed E-state index contributed by atoms with van der Waals surface area (Å²) in [6.07, 6.45) is 0.425. The van der Waals surface area contributed by atoms with E-state index in [0.717, 1.165) is 19.9 Å². The molecular formula is C19H15ClN2O9. The number of rotatable bonds is 5. The summed E-state index contributed by atoms with van der Waals surface area (Å²) in [6, 6.07) is 3.55. The number of amides is 2. The molecule has 4 atom stereocenters. The number of hydrogen-bond acceptors (Lipinski definition) is 9. The van der Waals surface area contributed by atoms with E-state index in [1.54, 1.807) is 0 Å². The Morgan fingerprint density at radius 1 is 1.23 bits per heavy atom. The molecule has 2 fully saturated rings. The topological polar surface area (TPSA) is 142 Å². The minimum absolute atomic E-state index is 0.0565. The van der Waals surface area contributed by atoms with Gasteiger partial charge in [0.15, 0.2) is 5.60 Å². The number of halogens is 1. The first-order valence-corrected chi connectivity index (χ1v) is 9.48. The van der Waals surface area contributed by atoms with Crippen molar-refractivity contribution in [1.29, 1.82) is 0 Å². The van der Waals surface area contributed by atoms with Gasteiger partial charge in [-0.1, -0.05) is 17.7 Å². The molecule has 11 nitrogen and oxygen atoms in total. The van der Waals surface area contributed by atoms with Crippen LogP contribution in [-0.2, 0) is 33.4 Å². The van der Waals surface area contributed by atoms with Gasteiger partial charge < -0.3 is 14.2 Å². The van der Waals surface area contributed by atoms with E-state index in [9.17, 15) is 29.3 Å². The van der Waals surface area contributed by atoms with Crippen molar-refractivity contribution in [2.75, 3.05) is 4.90 Å². The Morgan fingerprint density at radius 3 is 2.45 bits per heavy atom. The highest BCUT2D eigenvalue weighted by Gasteiger charge is 2.72. The van der Waals surface area contributed by atoms with Crippen LogP contribution in [0.2, 0.25) is 5.02 Å². The lowest BCUT2D eigenvalue weighted by molar-refractivity contribution is -0.384. The molecule has 2 bridgehead atoms. The largest absolute Gasteiger partial charge is 0.422 e. The number of carbonyl (C=O) groups is 4. The zero-order valence-electron chi connectivity index (χ0n) is 16.1. The highest BCUT2D eigenvalue weighted by molar-refractivity contribution is 6.31. The number of nitrogens with zero attached hydrogens (tertiary/aromatic N) is 2. The minimum Gasteiger partial charge on any atom is -0.422 e. The number of imide groups is 1. The molecule has 3 aliphatic rings. The predicted octanol–water partition coefficient (Wildman–Crippen LogP) is 1.51. The van der Waals surface area contributed by atoms with E-state index in [1.807, 2.05) is 0 Å². The lowest BCUT2D eigenvalue weighted by Gasteiger charge is -2.34. The molecule has 3 aliphatic heterocycles. The van der Waals surface area contributed by atoms with E-state index < -0.39 is 64.2 Å². The van der Waals surface area contributed by atoms with E-state index in [-0.39, 0.29) is 10.7 Å². The quantitative estimate of drug-likeness (QED) is 0.163. The SMILES string of the molecule is CC(=O)OC(OC(C)=O)[C@@]12C=C[C@@H](O1)[C@@H]1C(=O)N(c3ccc(Cl)cc3[N+](=O)[O-])C(=O)[C@@H]12. The minimum atomic E-state index is -1.74. The summed E-state index contributed by atoms with van der Waals surface area (Å²) in [5.74, 6) is -5.40. The lowest BCUT2D eigenvalue weighted by atomic mass is 9.76. The smallest absolute Gasteiger partial charge is 0.305 e. The molecule has 3 heterocycles. The standard InChI is InChI=1S/C19H15ClN2O9/c1-8(23)29-18(30-9(2)24)19-6-5-13(31-19)14-15(19)17(26)21(16(14)25)11-4-3-10(20)7-12(11)22(27)28/h3-7,13-15,18H,1-2H3/t13-,14+,15-,19+/m1/s1. The molecule has 0 N–H and O–H groups in total. The molecule has 162 valence electrons. The molecule has 2 amide bonds. The molecule has 0 saturated carbocycles. The van der Waals surface area contributed by atoms with Gasteiger partial charge >= 0.3 is 11.9 Å². The maximum atomic E-state index is 13.4. The van der Waals surface area contributed by atoms with E-state index in [4.69, 9.17) is 25.8 Å². The first-order chi connectivity index (χ1) is 14.6. The van der Waals surface area contributed by atoms with Crippen LogP contribution in [0.5, 0.6) is 0 Å². The number of ether oxygens (including phenoxy) is 3. The van der Waals surface area contributed by atoms with Crippen molar-refractivity contribution in [3.63, 3.8) is 0 Å². The maximum Gasteiger partial charge on any atom is 0.305 e. The van der Waals surface area contributed by atoms with Crippen LogP contribution < -0.4 is 4.90 Å². The van der Waals surface area contributed by atoms with Crippen molar-refractivity contribution in [2.24, 2.45) is 11.8 Å². The Morgan fingerprint density at radius 2 is 1.87 bits per heavy atom. The van der Waals surface area contributed by atoms with Gasteiger partial charge in [0.1, 0.15) is 5.69 Å². The van der Waals surface area contributed by atoms with Gasteiger partial charge in [-0.25, -0.2) is 4.90 Å². The highest BCUT2D eigenvalue weighted by Crippen LogP contribution is 2.55. The number of nitro groups is 1. The van der Waals surface area contributed by atoms with Crippen molar-refractivity contribution in [1.82, 2.24) is 0 Å². The second kappa shape index (κ2) is 7.13. The summed E-state index contributed by atoms with van der Waals surface area (Å²) in [5.41, 5.74) is -2.51. The molecule has 0 aromatic heterocycles. The van der Waals surface area contributed by atoms with Gasteiger partial charge in [-0.05, 0) is 18.2 Å². The molecule has 2 saturated heterocycles. The molecule has 0 unspecified atom stereocenters. The Balaban J connectivity index is 1.79. The summed E-state index contributed by atoms with van der Waals surface area (Å²) < 4.78 is 16.0. The fourth-order valence-electron chi connectivity index (χ4n) is 4.29. The molecule has 0 spiro atoms. The number of benzene rings is 1. The molecular weight excluding hydrogens is 436 g/mol. The van der Waals surface area contributed by atoms with Crippen molar-refractivity contribution in [3.05, 3.63) is 45.5 Å². The summed E-state index contributed by atoms with van der Waals surface area (Å²) >= 11 is 5.83. The van der Waals surface area contributed by atoms with Crippen molar-refractivity contribution in [2.45, 2.75) is 31.8 Å².